The summed E-state index contributed by atoms with van der Waals surface area (Å²) in [6.07, 6.45) is 3.49. The molecule has 2 aromatic rings. The summed E-state index contributed by atoms with van der Waals surface area (Å²) < 4.78 is 4.91. The number of H-pyrrole nitrogens is 1. The van der Waals surface area contributed by atoms with Crippen molar-refractivity contribution in [1.82, 2.24) is 9.97 Å². The molecule has 0 saturated heterocycles. The molecule has 0 bridgehead atoms. The number of anilines is 1. The lowest BCUT2D eigenvalue weighted by Crippen LogP contribution is -2.05. The van der Waals surface area contributed by atoms with E-state index in [4.69, 9.17) is 4.74 Å². The Hall–Kier alpha value is -2.30. The Bertz CT molecular complexity index is 491. The Balaban J connectivity index is 1.93. The number of aromatic nitrogens is 2. The average molecular weight is 245 g/mol. The molecule has 0 amide bonds. The van der Waals surface area contributed by atoms with Crippen LogP contribution in [0.25, 0.3) is 0 Å². The first kappa shape index (κ1) is 12.2. The minimum absolute atomic E-state index is 0.296. The van der Waals surface area contributed by atoms with E-state index in [9.17, 15) is 4.79 Å². The molecular weight excluding hydrogens is 230 g/mol. The molecule has 0 fully saturated rings. The fourth-order valence-electron chi connectivity index (χ4n) is 1.52. The molecule has 0 atom stereocenters. The lowest BCUT2D eigenvalue weighted by atomic mass is 10.2. The molecule has 0 aliphatic carbocycles. The molecule has 1 aromatic heterocycles. The maximum absolute atomic E-state index is 11.4. The number of esters is 1. The summed E-state index contributed by atoms with van der Waals surface area (Å²) in [7, 11) is 0. The molecule has 0 radical (unpaired) electrons. The van der Waals surface area contributed by atoms with Crippen LogP contribution in [0, 0.1) is 0 Å². The van der Waals surface area contributed by atoms with Crippen LogP contribution < -0.4 is 5.32 Å². The summed E-state index contributed by atoms with van der Waals surface area (Å²) in [6, 6.07) is 7.16. The number of aromatic amines is 1. The van der Waals surface area contributed by atoms with Crippen LogP contribution in [0.4, 0.5) is 5.69 Å². The SMILES string of the molecule is CCOC(=O)c1ccc(NCc2ncc[nH]2)cc1. The molecule has 5 nitrogen and oxygen atoms in total. The number of carbonyl (C=O) groups excluding carboxylic acids is 1. The number of nitrogens with one attached hydrogen (secondary N) is 2. The zero-order chi connectivity index (χ0) is 12.8. The van der Waals surface area contributed by atoms with E-state index < -0.39 is 0 Å². The van der Waals surface area contributed by atoms with Crippen molar-refractivity contribution in [2.75, 3.05) is 11.9 Å². The van der Waals surface area contributed by atoms with Crippen molar-refractivity contribution >= 4 is 11.7 Å². The predicted molar refractivity (Wildman–Crippen MR) is 68.3 cm³/mol. The van der Waals surface area contributed by atoms with E-state index >= 15 is 0 Å². The Morgan fingerprint density at radius 3 is 2.78 bits per heavy atom. The number of carbonyl (C=O) groups is 1. The number of ether oxygens (including phenoxy) is 1. The van der Waals surface area contributed by atoms with Gasteiger partial charge in [-0.2, -0.15) is 0 Å². The van der Waals surface area contributed by atoms with Gasteiger partial charge in [-0.05, 0) is 31.2 Å². The molecule has 18 heavy (non-hydrogen) atoms. The lowest BCUT2D eigenvalue weighted by Gasteiger charge is -2.06. The van der Waals surface area contributed by atoms with Gasteiger partial charge in [-0.3, -0.25) is 0 Å². The first-order chi connectivity index (χ1) is 8.79. The molecule has 2 rings (SSSR count). The predicted octanol–water partition coefficient (Wildman–Crippen LogP) is 2.20. The Morgan fingerprint density at radius 2 is 2.17 bits per heavy atom. The van der Waals surface area contributed by atoms with Crippen molar-refractivity contribution in [1.29, 1.82) is 0 Å². The van der Waals surface area contributed by atoms with Gasteiger partial charge in [-0.1, -0.05) is 0 Å². The maximum atomic E-state index is 11.4. The zero-order valence-corrected chi connectivity index (χ0v) is 10.1. The van der Waals surface area contributed by atoms with Crippen LogP contribution in [0.15, 0.2) is 36.7 Å². The third-order valence-corrected chi connectivity index (χ3v) is 2.41. The molecule has 0 aliphatic heterocycles. The van der Waals surface area contributed by atoms with Crippen molar-refractivity contribution in [2.45, 2.75) is 13.5 Å². The monoisotopic (exact) mass is 245 g/mol. The Morgan fingerprint density at radius 1 is 1.39 bits per heavy atom. The highest BCUT2D eigenvalue weighted by Gasteiger charge is 2.05. The van der Waals surface area contributed by atoms with Gasteiger partial charge in [-0.15, -0.1) is 0 Å². The molecule has 0 unspecified atom stereocenters. The van der Waals surface area contributed by atoms with E-state index in [0.717, 1.165) is 11.5 Å². The average Bonchev–Trinajstić information content (AvgIpc) is 2.90. The van der Waals surface area contributed by atoms with Crippen LogP contribution in [0.2, 0.25) is 0 Å². The standard InChI is InChI=1S/C13H15N3O2/c1-2-18-13(17)10-3-5-11(6-4-10)16-9-12-14-7-8-15-12/h3-8,16H,2,9H2,1H3,(H,14,15). The van der Waals surface area contributed by atoms with Crippen molar-refractivity contribution in [2.24, 2.45) is 0 Å². The van der Waals surface area contributed by atoms with Crippen LogP contribution >= 0.6 is 0 Å². The van der Waals surface area contributed by atoms with Crippen LogP contribution in [-0.2, 0) is 11.3 Å². The lowest BCUT2D eigenvalue weighted by molar-refractivity contribution is 0.0526. The smallest absolute Gasteiger partial charge is 0.338 e. The van der Waals surface area contributed by atoms with Crippen molar-refractivity contribution in [3.63, 3.8) is 0 Å². The van der Waals surface area contributed by atoms with Crippen molar-refractivity contribution in [3.05, 3.63) is 48.0 Å². The largest absolute Gasteiger partial charge is 0.462 e. The van der Waals surface area contributed by atoms with Gasteiger partial charge in [0.25, 0.3) is 0 Å². The summed E-state index contributed by atoms with van der Waals surface area (Å²) in [4.78, 5) is 18.6. The second-order valence-corrected chi connectivity index (χ2v) is 3.69. The fourth-order valence-corrected chi connectivity index (χ4v) is 1.52. The molecular formula is C13H15N3O2. The van der Waals surface area contributed by atoms with Gasteiger partial charge in [0, 0.05) is 18.1 Å². The summed E-state index contributed by atoms with van der Waals surface area (Å²) in [6.45, 7) is 2.79. The third-order valence-electron chi connectivity index (χ3n) is 2.41. The molecule has 1 heterocycles. The quantitative estimate of drug-likeness (QED) is 0.792. The summed E-state index contributed by atoms with van der Waals surface area (Å²) in [5.74, 6) is 0.569. The number of hydrogen-bond acceptors (Lipinski definition) is 4. The highest BCUT2D eigenvalue weighted by atomic mass is 16.5. The van der Waals surface area contributed by atoms with Gasteiger partial charge in [0.15, 0.2) is 0 Å². The molecule has 0 spiro atoms. The molecule has 94 valence electrons. The van der Waals surface area contributed by atoms with E-state index in [1.54, 1.807) is 31.5 Å². The number of benzene rings is 1. The number of rotatable bonds is 5. The Kier molecular flexibility index (Phi) is 3.96. The van der Waals surface area contributed by atoms with Crippen LogP contribution in [0.5, 0.6) is 0 Å². The molecule has 0 saturated carbocycles. The van der Waals surface area contributed by atoms with E-state index in [1.807, 2.05) is 12.1 Å². The van der Waals surface area contributed by atoms with Crippen molar-refractivity contribution in [3.8, 4) is 0 Å². The number of nitrogens with zero attached hydrogens (tertiary/aromatic N) is 1. The van der Waals surface area contributed by atoms with Gasteiger partial charge >= 0.3 is 5.97 Å². The minimum Gasteiger partial charge on any atom is -0.462 e. The minimum atomic E-state index is -0.296. The third kappa shape index (κ3) is 3.10. The van der Waals surface area contributed by atoms with Gasteiger partial charge in [-0.25, -0.2) is 9.78 Å². The highest BCUT2D eigenvalue weighted by molar-refractivity contribution is 5.89. The number of hydrogen-bond donors (Lipinski definition) is 2. The summed E-state index contributed by atoms with van der Waals surface area (Å²) in [5, 5.41) is 3.20. The van der Waals surface area contributed by atoms with Crippen LogP contribution in [0.3, 0.4) is 0 Å². The highest BCUT2D eigenvalue weighted by Crippen LogP contribution is 2.11. The van der Waals surface area contributed by atoms with Gasteiger partial charge in [0.05, 0.1) is 18.7 Å². The van der Waals surface area contributed by atoms with Gasteiger partial charge in [0.2, 0.25) is 0 Å². The van der Waals surface area contributed by atoms with Gasteiger partial charge < -0.3 is 15.0 Å². The maximum Gasteiger partial charge on any atom is 0.338 e. The fraction of sp³-hybridized carbons (Fsp3) is 0.231. The van der Waals surface area contributed by atoms with Crippen LogP contribution in [-0.4, -0.2) is 22.5 Å². The first-order valence-corrected chi connectivity index (χ1v) is 5.79. The molecule has 2 N–H and O–H groups in total. The van der Waals surface area contributed by atoms with Gasteiger partial charge in [0.1, 0.15) is 5.82 Å². The van der Waals surface area contributed by atoms with Crippen LogP contribution in [0.1, 0.15) is 23.1 Å². The second-order valence-electron chi connectivity index (χ2n) is 3.69. The Labute approximate surface area is 105 Å². The molecule has 0 aliphatic rings. The van der Waals surface area contributed by atoms with E-state index in [2.05, 4.69) is 15.3 Å². The van der Waals surface area contributed by atoms with E-state index in [-0.39, 0.29) is 5.97 Å². The molecule has 5 heteroatoms. The van der Waals surface area contributed by atoms with E-state index in [1.165, 1.54) is 0 Å². The summed E-state index contributed by atoms with van der Waals surface area (Å²) in [5.41, 5.74) is 1.49. The number of imidazole rings is 1. The molecule has 1 aromatic carbocycles. The topological polar surface area (TPSA) is 67.0 Å². The van der Waals surface area contributed by atoms with E-state index in [0.29, 0.717) is 18.7 Å². The normalized spacial score (nSPS) is 10.1. The zero-order valence-electron chi connectivity index (χ0n) is 10.1. The first-order valence-electron chi connectivity index (χ1n) is 5.79. The second kappa shape index (κ2) is 5.86. The van der Waals surface area contributed by atoms with Crippen molar-refractivity contribution < 1.29 is 9.53 Å². The summed E-state index contributed by atoms with van der Waals surface area (Å²) >= 11 is 0.